The molecule has 1 aliphatic carbocycles. The van der Waals surface area contributed by atoms with E-state index in [9.17, 15) is 29.1 Å². The maximum absolute atomic E-state index is 14.3. The largest absolute Gasteiger partial charge is 0.467 e. The minimum absolute atomic E-state index is 0.0290. The van der Waals surface area contributed by atoms with Gasteiger partial charge in [-0.05, 0) is 47.8 Å². The van der Waals surface area contributed by atoms with Gasteiger partial charge in [0.25, 0.3) is 11.8 Å². The first-order chi connectivity index (χ1) is 23.1. The van der Waals surface area contributed by atoms with E-state index in [0.717, 1.165) is 48.0 Å². The number of imide groups is 1. The van der Waals surface area contributed by atoms with Crippen molar-refractivity contribution in [2.45, 2.75) is 89.4 Å². The Labute approximate surface area is 281 Å². The van der Waals surface area contributed by atoms with E-state index < -0.39 is 53.8 Å². The maximum Gasteiger partial charge on any atom is 0.336 e. The predicted molar refractivity (Wildman–Crippen MR) is 181 cm³/mol. The number of aliphatic hydroxyl groups is 1. The maximum atomic E-state index is 14.3. The van der Waals surface area contributed by atoms with Crippen LogP contribution in [-0.2, 0) is 25.5 Å². The zero-order valence-electron chi connectivity index (χ0n) is 27.8. The number of esters is 1. The van der Waals surface area contributed by atoms with Crippen molar-refractivity contribution < 1.29 is 33.8 Å². The highest BCUT2D eigenvalue weighted by Gasteiger charge is 2.42. The van der Waals surface area contributed by atoms with Crippen LogP contribution in [0.2, 0.25) is 0 Å². The molecule has 48 heavy (non-hydrogen) atoms. The van der Waals surface area contributed by atoms with Crippen LogP contribution in [0, 0.1) is 11.8 Å². The van der Waals surface area contributed by atoms with Gasteiger partial charge in [0.1, 0.15) is 12.1 Å². The Kier molecular flexibility index (Phi) is 11.3. The van der Waals surface area contributed by atoms with Crippen molar-refractivity contribution in [2.75, 3.05) is 7.11 Å². The lowest BCUT2D eigenvalue weighted by Gasteiger charge is -2.34. The van der Waals surface area contributed by atoms with Crippen molar-refractivity contribution >= 4 is 40.4 Å². The molecule has 3 aromatic rings. The summed E-state index contributed by atoms with van der Waals surface area (Å²) in [4.78, 5) is 69.7. The Morgan fingerprint density at radius 2 is 1.48 bits per heavy atom. The van der Waals surface area contributed by atoms with Gasteiger partial charge in [0.05, 0.1) is 13.2 Å². The van der Waals surface area contributed by atoms with E-state index in [1.54, 1.807) is 24.3 Å². The summed E-state index contributed by atoms with van der Waals surface area (Å²) in [6.07, 6.45) is 4.17. The Morgan fingerprint density at radius 1 is 0.854 bits per heavy atom. The van der Waals surface area contributed by atoms with Crippen LogP contribution in [-0.4, -0.2) is 70.9 Å². The van der Waals surface area contributed by atoms with Crippen LogP contribution < -0.4 is 10.6 Å². The van der Waals surface area contributed by atoms with Crippen molar-refractivity contribution in [3.63, 3.8) is 0 Å². The molecule has 1 fully saturated rings. The lowest BCUT2D eigenvalue weighted by Crippen LogP contribution is -2.59. The molecule has 0 saturated heterocycles. The summed E-state index contributed by atoms with van der Waals surface area (Å²) in [6, 6.07) is 16.3. The number of carbonyl (C=O) groups excluding carboxylic acids is 5. The van der Waals surface area contributed by atoms with Crippen molar-refractivity contribution in [2.24, 2.45) is 11.8 Å². The summed E-state index contributed by atoms with van der Waals surface area (Å²) in [7, 11) is 1.18. The normalized spacial score (nSPS) is 17.5. The number of ether oxygens (including phenoxy) is 1. The smallest absolute Gasteiger partial charge is 0.336 e. The number of methoxy groups -OCH3 is 1. The zero-order chi connectivity index (χ0) is 34.4. The number of carbonyl (C=O) groups is 5. The van der Waals surface area contributed by atoms with Crippen LogP contribution in [0.15, 0.2) is 66.7 Å². The summed E-state index contributed by atoms with van der Waals surface area (Å²) < 4.78 is 4.79. The molecule has 1 unspecified atom stereocenters. The van der Waals surface area contributed by atoms with Gasteiger partial charge in [-0.15, -0.1) is 0 Å². The van der Waals surface area contributed by atoms with Gasteiger partial charge in [0.2, 0.25) is 11.8 Å². The Balaban J connectivity index is 1.44. The third-order valence-corrected chi connectivity index (χ3v) is 9.49. The van der Waals surface area contributed by atoms with Gasteiger partial charge in [-0.25, -0.2) is 4.79 Å². The molecule has 0 radical (unpaired) electrons. The molecule has 3 aromatic carbocycles. The quantitative estimate of drug-likeness (QED) is 0.181. The fraction of sp³-hybridized carbons (Fsp3) is 0.447. The third kappa shape index (κ3) is 7.76. The molecule has 4 atom stereocenters. The minimum atomic E-state index is -1.58. The molecule has 254 valence electrons. The summed E-state index contributed by atoms with van der Waals surface area (Å²) in [5.74, 6) is -3.05. The highest BCUT2D eigenvalue weighted by atomic mass is 16.5. The second-order valence-corrected chi connectivity index (χ2v) is 13.4. The molecule has 2 aliphatic rings. The number of benzene rings is 3. The van der Waals surface area contributed by atoms with Crippen molar-refractivity contribution in [3.05, 3.63) is 83.4 Å². The number of hydrogen-bond acceptors (Lipinski definition) is 7. The van der Waals surface area contributed by atoms with Gasteiger partial charge < -0.3 is 20.5 Å². The molecule has 10 heteroatoms. The van der Waals surface area contributed by atoms with E-state index in [1.807, 2.05) is 56.3 Å². The van der Waals surface area contributed by atoms with Crippen molar-refractivity contribution in [1.29, 1.82) is 0 Å². The van der Waals surface area contributed by atoms with Gasteiger partial charge in [0.15, 0.2) is 6.10 Å². The van der Waals surface area contributed by atoms with Gasteiger partial charge in [-0.3, -0.25) is 24.1 Å². The lowest BCUT2D eigenvalue weighted by atomic mass is 9.83. The Bertz CT molecular complexity index is 1600. The molecule has 1 saturated carbocycles. The molecule has 1 heterocycles. The molecular weight excluding hydrogens is 610 g/mol. The van der Waals surface area contributed by atoms with Crippen LogP contribution in [0.3, 0.4) is 0 Å². The average Bonchev–Trinajstić information content (AvgIpc) is 3.09. The second kappa shape index (κ2) is 15.6. The van der Waals surface area contributed by atoms with Gasteiger partial charge in [-0.1, -0.05) is 101 Å². The van der Waals surface area contributed by atoms with E-state index in [1.165, 1.54) is 7.11 Å². The van der Waals surface area contributed by atoms with Crippen LogP contribution in [0.1, 0.15) is 85.1 Å². The fourth-order valence-corrected chi connectivity index (χ4v) is 7.06. The van der Waals surface area contributed by atoms with Gasteiger partial charge in [0, 0.05) is 22.9 Å². The molecule has 10 nitrogen and oxygen atoms in total. The number of rotatable bonds is 13. The molecule has 3 N–H and O–H groups in total. The second-order valence-electron chi connectivity index (χ2n) is 13.4. The minimum Gasteiger partial charge on any atom is -0.467 e. The molecule has 0 spiro atoms. The molecule has 4 amide bonds. The first-order valence-corrected chi connectivity index (χ1v) is 16.9. The van der Waals surface area contributed by atoms with Crippen LogP contribution >= 0.6 is 0 Å². The average molecular weight is 656 g/mol. The monoisotopic (exact) mass is 655 g/mol. The van der Waals surface area contributed by atoms with E-state index in [0.29, 0.717) is 22.9 Å². The van der Waals surface area contributed by atoms with Crippen LogP contribution in [0.5, 0.6) is 0 Å². The highest BCUT2D eigenvalue weighted by molar-refractivity contribution is 6.26. The summed E-state index contributed by atoms with van der Waals surface area (Å²) in [5, 5.41) is 17.9. The van der Waals surface area contributed by atoms with Gasteiger partial charge >= 0.3 is 5.97 Å². The highest BCUT2D eigenvalue weighted by Crippen LogP contribution is 2.32. The van der Waals surface area contributed by atoms with Crippen molar-refractivity contribution in [1.82, 2.24) is 15.5 Å². The summed E-state index contributed by atoms with van der Waals surface area (Å²) >= 11 is 0. The molecule has 0 aromatic heterocycles. The predicted octanol–water partition coefficient (Wildman–Crippen LogP) is 4.57. The van der Waals surface area contributed by atoms with Gasteiger partial charge in [-0.2, -0.15) is 0 Å². The number of nitrogens with zero attached hydrogens (tertiary/aromatic N) is 1. The Hall–Kier alpha value is -4.57. The standard InChI is InChI=1S/C38H45N3O7/c1-23(2)20-30(34(43)39-29(33(42)38(47)48-3)21-24-12-6-4-7-13-24)40-35(44)31(22-25-14-8-5-9-15-25)41-36(45)27-18-10-16-26-17-11-19-28(32(26)27)37(41)46/h5,8-11,14-19,23-24,29-31,33,42H,4,6-7,12-13,20-22H2,1-3H3,(H,39,43)(H,40,44)/t29-,30-,31-,33?/m0/s1. The molecule has 0 bridgehead atoms. The van der Waals surface area contributed by atoms with E-state index in [4.69, 9.17) is 4.74 Å². The number of hydrogen-bond donors (Lipinski definition) is 3. The van der Waals surface area contributed by atoms with E-state index in [2.05, 4.69) is 10.6 Å². The molecule has 5 rings (SSSR count). The van der Waals surface area contributed by atoms with E-state index in [-0.39, 0.29) is 24.7 Å². The summed E-state index contributed by atoms with van der Waals surface area (Å²) in [6.45, 7) is 3.82. The molecule has 1 aliphatic heterocycles. The number of nitrogens with one attached hydrogen (secondary N) is 2. The molecular formula is C38H45N3O7. The zero-order valence-corrected chi connectivity index (χ0v) is 27.8. The van der Waals surface area contributed by atoms with Crippen molar-refractivity contribution in [3.8, 4) is 0 Å². The SMILES string of the molecule is COC(=O)C(O)[C@H](CC1CCCCC1)NC(=O)[C@H](CC(C)C)NC(=O)[C@H](Cc1ccccc1)N1C(=O)c2cccc3cccc(c23)C1=O. The summed E-state index contributed by atoms with van der Waals surface area (Å²) in [5.41, 5.74) is 1.38. The van der Waals surface area contributed by atoms with Crippen LogP contribution in [0.4, 0.5) is 0 Å². The third-order valence-electron chi connectivity index (χ3n) is 9.49. The van der Waals surface area contributed by atoms with Crippen LogP contribution in [0.25, 0.3) is 10.8 Å². The lowest BCUT2D eigenvalue weighted by molar-refractivity contribution is -0.153. The first kappa shape index (κ1) is 34.8. The Morgan fingerprint density at radius 3 is 2.06 bits per heavy atom. The fourth-order valence-electron chi connectivity index (χ4n) is 7.06. The van der Waals surface area contributed by atoms with E-state index >= 15 is 0 Å². The topological polar surface area (TPSA) is 142 Å². The number of amides is 4. The first-order valence-electron chi connectivity index (χ1n) is 16.9. The number of aliphatic hydroxyl groups excluding tert-OH is 1.